The van der Waals surface area contributed by atoms with Gasteiger partial charge in [0, 0.05) is 0 Å². The van der Waals surface area contributed by atoms with Gasteiger partial charge in [0.25, 0.3) is 0 Å². The third kappa shape index (κ3) is 9.13. The molecule has 0 radical (unpaired) electrons. The summed E-state index contributed by atoms with van der Waals surface area (Å²) >= 11 is 0. The lowest BCUT2D eigenvalue weighted by atomic mass is 9.73. The van der Waals surface area contributed by atoms with Gasteiger partial charge in [0.05, 0.1) is 5.92 Å². The van der Waals surface area contributed by atoms with Crippen molar-refractivity contribution in [2.24, 2.45) is 11.3 Å². The van der Waals surface area contributed by atoms with E-state index in [-0.39, 0.29) is 11.3 Å². The van der Waals surface area contributed by atoms with Gasteiger partial charge in [-0.15, -0.1) is 0 Å². The molecular formula is C18H36O3. The largest absolute Gasteiger partial charge is 0.345 e. The summed E-state index contributed by atoms with van der Waals surface area (Å²) in [5.74, 6) is -0.654. The van der Waals surface area contributed by atoms with Crippen LogP contribution in [0.2, 0.25) is 0 Å². The van der Waals surface area contributed by atoms with Gasteiger partial charge in [0.1, 0.15) is 0 Å². The summed E-state index contributed by atoms with van der Waals surface area (Å²) < 4.78 is 0. The summed E-state index contributed by atoms with van der Waals surface area (Å²) in [6, 6.07) is 0. The van der Waals surface area contributed by atoms with Crippen molar-refractivity contribution >= 4 is 5.97 Å². The first-order valence-corrected chi connectivity index (χ1v) is 8.84. The standard InChI is InChI=1S/C18H36O3/c1-5-7-8-9-10-11-12-13-14-16(17(19)21-20)18(3,4)15-6-2/h16,20H,5-15H2,1-4H3. The Bertz CT molecular complexity index is 261. The van der Waals surface area contributed by atoms with Gasteiger partial charge >= 0.3 is 5.97 Å². The molecule has 0 heterocycles. The molecule has 0 saturated carbocycles. The van der Waals surface area contributed by atoms with Crippen LogP contribution in [0.15, 0.2) is 0 Å². The van der Waals surface area contributed by atoms with E-state index in [2.05, 4.69) is 32.6 Å². The number of hydrogen-bond acceptors (Lipinski definition) is 3. The van der Waals surface area contributed by atoms with Crippen molar-refractivity contribution in [3.05, 3.63) is 0 Å². The van der Waals surface area contributed by atoms with E-state index in [0.717, 1.165) is 25.7 Å². The highest BCUT2D eigenvalue weighted by Crippen LogP contribution is 2.36. The Kier molecular flexibility index (Phi) is 11.7. The monoisotopic (exact) mass is 300 g/mol. The Hall–Kier alpha value is -0.570. The quantitative estimate of drug-likeness (QED) is 0.259. The number of carbonyl (C=O) groups excluding carboxylic acids is 1. The molecule has 0 aliphatic rings. The Labute approximate surface area is 131 Å². The lowest BCUT2D eigenvalue weighted by Gasteiger charge is -2.31. The molecule has 0 amide bonds. The van der Waals surface area contributed by atoms with Gasteiger partial charge in [-0.2, -0.15) is 5.26 Å². The molecule has 0 aliphatic heterocycles. The van der Waals surface area contributed by atoms with Crippen LogP contribution >= 0.6 is 0 Å². The van der Waals surface area contributed by atoms with Crippen LogP contribution in [0.4, 0.5) is 0 Å². The topological polar surface area (TPSA) is 46.5 Å². The lowest BCUT2D eigenvalue weighted by molar-refractivity contribution is -0.243. The van der Waals surface area contributed by atoms with Crippen LogP contribution in [0.5, 0.6) is 0 Å². The van der Waals surface area contributed by atoms with Crippen molar-refractivity contribution in [3.8, 4) is 0 Å². The number of unbranched alkanes of at least 4 members (excludes halogenated alkanes) is 7. The fraction of sp³-hybridized carbons (Fsp3) is 0.944. The normalized spacial score (nSPS) is 13.2. The molecule has 3 nitrogen and oxygen atoms in total. The maximum atomic E-state index is 11.8. The summed E-state index contributed by atoms with van der Waals surface area (Å²) in [5.41, 5.74) is -0.101. The molecule has 3 heteroatoms. The van der Waals surface area contributed by atoms with Crippen LogP contribution in [-0.4, -0.2) is 11.2 Å². The highest BCUT2D eigenvalue weighted by molar-refractivity contribution is 5.72. The van der Waals surface area contributed by atoms with E-state index in [1.807, 2.05) is 0 Å². The maximum Gasteiger partial charge on any atom is 0.345 e. The average molecular weight is 300 g/mol. The van der Waals surface area contributed by atoms with Gasteiger partial charge in [-0.3, -0.25) is 0 Å². The van der Waals surface area contributed by atoms with Crippen LogP contribution in [-0.2, 0) is 9.68 Å². The molecule has 1 N–H and O–H groups in total. The molecule has 0 aromatic heterocycles. The Balaban J connectivity index is 4.01. The van der Waals surface area contributed by atoms with Gasteiger partial charge in [-0.25, -0.2) is 4.79 Å². The molecule has 21 heavy (non-hydrogen) atoms. The van der Waals surface area contributed by atoms with E-state index in [4.69, 9.17) is 5.26 Å². The average Bonchev–Trinajstić information content (AvgIpc) is 2.44. The minimum Gasteiger partial charge on any atom is -0.301 e. The second kappa shape index (κ2) is 12.0. The van der Waals surface area contributed by atoms with Gasteiger partial charge in [0.2, 0.25) is 0 Å². The van der Waals surface area contributed by atoms with E-state index < -0.39 is 5.97 Å². The zero-order valence-corrected chi connectivity index (χ0v) is 14.6. The van der Waals surface area contributed by atoms with Gasteiger partial charge in [-0.05, 0) is 18.3 Å². The fourth-order valence-corrected chi connectivity index (χ4v) is 3.19. The molecule has 0 saturated heterocycles. The summed E-state index contributed by atoms with van der Waals surface area (Å²) in [6.45, 7) is 8.56. The van der Waals surface area contributed by atoms with E-state index in [9.17, 15) is 4.79 Å². The summed E-state index contributed by atoms with van der Waals surface area (Å²) in [5, 5.41) is 8.71. The number of hydrogen-bond donors (Lipinski definition) is 1. The minimum atomic E-state index is -0.462. The number of rotatable bonds is 13. The molecule has 0 rings (SSSR count). The van der Waals surface area contributed by atoms with Gasteiger partial charge < -0.3 is 4.89 Å². The summed E-state index contributed by atoms with van der Waals surface area (Å²) in [4.78, 5) is 15.8. The molecule has 0 spiro atoms. The van der Waals surface area contributed by atoms with E-state index in [0.29, 0.717) is 0 Å². The van der Waals surface area contributed by atoms with E-state index in [1.54, 1.807) is 0 Å². The predicted molar refractivity (Wildman–Crippen MR) is 88.1 cm³/mol. The third-order valence-corrected chi connectivity index (χ3v) is 4.56. The second-order valence-corrected chi connectivity index (χ2v) is 6.97. The highest BCUT2D eigenvalue weighted by Gasteiger charge is 2.35. The molecule has 126 valence electrons. The first-order chi connectivity index (χ1) is 9.99. The van der Waals surface area contributed by atoms with Crippen molar-refractivity contribution in [2.75, 3.05) is 0 Å². The molecule has 0 aromatic carbocycles. The smallest absolute Gasteiger partial charge is 0.301 e. The first kappa shape index (κ1) is 20.4. The van der Waals surface area contributed by atoms with Crippen molar-refractivity contribution in [1.29, 1.82) is 0 Å². The second-order valence-electron chi connectivity index (χ2n) is 6.97. The Morgan fingerprint density at radius 2 is 1.48 bits per heavy atom. The summed E-state index contributed by atoms with van der Waals surface area (Å²) in [6.07, 6.45) is 12.9. The van der Waals surface area contributed by atoms with Crippen molar-refractivity contribution < 1.29 is 14.9 Å². The third-order valence-electron chi connectivity index (χ3n) is 4.56. The SMILES string of the molecule is CCCCCCCCCCC(C(=O)OO)C(C)(C)CCC. The zero-order valence-electron chi connectivity index (χ0n) is 14.6. The highest BCUT2D eigenvalue weighted by atomic mass is 17.1. The van der Waals surface area contributed by atoms with Crippen molar-refractivity contribution in [2.45, 2.75) is 98.3 Å². The fourth-order valence-electron chi connectivity index (χ4n) is 3.19. The van der Waals surface area contributed by atoms with E-state index in [1.165, 1.54) is 44.9 Å². The molecular weight excluding hydrogens is 264 g/mol. The minimum absolute atomic E-state index is 0.101. The van der Waals surface area contributed by atoms with Gasteiger partial charge in [-0.1, -0.05) is 85.5 Å². The number of carbonyl (C=O) groups is 1. The Morgan fingerprint density at radius 1 is 0.952 bits per heavy atom. The maximum absolute atomic E-state index is 11.8. The molecule has 1 unspecified atom stereocenters. The van der Waals surface area contributed by atoms with Crippen LogP contribution in [0.3, 0.4) is 0 Å². The predicted octanol–water partition coefficient (Wildman–Crippen LogP) is 5.98. The summed E-state index contributed by atoms with van der Waals surface area (Å²) in [7, 11) is 0. The van der Waals surface area contributed by atoms with Crippen LogP contribution < -0.4 is 0 Å². The molecule has 0 fully saturated rings. The zero-order chi connectivity index (χ0) is 16.1. The lowest BCUT2D eigenvalue weighted by Crippen LogP contribution is -2.32. The molecule has 1 atom stereocenters. The molecule has 0 bridgehead atoms. The van der Waals surface area contributed by atoms with Crippen LogP contribution in [0, 0.1) is 11.3 Å². The molecule has 0 aromatic rings. The van der Waals surface area contributed by atoms with E-state index >= 15 is 0 Å². The van der Waals surface area contributed by atoms with Crippen LogP contribution in [0.1, 0.15) is 98.3 Å². The Morgan fingerprint density at radius 3 is 1.95 bits per heavy atom. The van der Waals surface area contributed by atoms with Crippen molar-refractivity contribution in [1.82, 2.24) is 0 Å². The first-order valence-electron chi connectivity index (χ1n) is 8.84. The van der Waals surface area contributed by atoms with Crippen molar-refractivity contribution in [3.63, 3.8) is 0 Å². The molecule has 0 aliphatic carbocycles. The van der Waals surface area contributed by atoms with Gasteiger partial charge in [0.15, 0.2) is 0 Å². The van der Waals surface area contributed by atoms with Crippen LogP contribution in [0.25, 0.3) is 0 Å².